The van der Waals surface area contributed by atoms with Crippen LogP contribution in [0.2, 0.25) is 19.6 Å². The van der Waals surface area contributed by atoms with E-state index in [9.17, 15) is 0 Å². The van der Waals surface area contributed by atoms with Crippen molar-refractivity contribution in [2.24, 2.45) is 0 Å². The maximum atomic E-state index is 8.24. The lowest BCUT2D eigenvalue weighted by Crippen LogP contribution is -2.20. The second-order valence-electron chi connectivity index (χ2n) is 2.31. The van der Waals surface area contributed by atoms with Gasteiger partial charge in [0.1, 0.15) is 9.03 Å². The van der Waals surface area contributed by atoms with E-state index in [-0.39, 0.29) is 9.03 Å². The Kier molecular flexibility index (Phi) is 3.00. The summed E-state index contributed by atoms with van der Waals surface area (Å²) < 4.78 is 4.95. The standard InChI is InChI=1S/C3H11O2PSi/c1-7(2,3)5-6-4/h4,6H,1-3H3. The third-order valence-corrected chi connectivity index (χ3v) is 3.17. The van der Waals surface area contributed by atoms with E-state index in [1.54, 1.807) is 0 Å². The van der Waals surface area contributed by atoms with Gasteiger partial charge in [-0.05, 0) is 19.6 Å². The van der Waals surface area contributed by atoms with Crippen molar-refractivity contribution >= 4 is 17.4 Å². The molecule has 0 aliphatic rings. The zero-order valence-electron chi connectivity index (χ0n) is 4.86. The van der Waals surface area contributed by atoms with Gasteiger partial charge >= 0.3 is 0 Å². The normalized spacial score (nSPS) is 13.7. The molecule has 0 aliphatic heterocycles. The quantitative estimate of drug-likeness (QED) is 0.461. The Balaban J connectivity index is 3.15. The summed E-state index contributed by atoms with van der Waals surface area (Å²) in [6.07, 6.45) is 0. The van der Waals surface area contributed by atoms with E-state index >= 15 is 0 Å². The molecule has 4 heteroatoms. The monoisotopic (exact) mass is 138 g/mol. The Morgan fingerprint density at radius 2 is 1.86 bits per heavy atom. The van der Waals surface area contributed by atoms with E-state index in [1.807, 2.05) is 19.6 Å². The molecule has 0 heterocycles. The molecule has 0 fully saturated rings. The molecule has 0 radical (unpaired) electrons. The van der Waals surface area contributed by atoms with Gasteiger partial charge < -0.3 is 9.11 Å². The fourth-order valence-electron chi connectivity index (χ4n) is 0.137. The highest BCUT2D eigenvalue weighted by Gasteiger charge is 2.12. The molecular formula is C3H11O2PSi. The molecule has 1 N–H and O–H groups in total. The summed E-state index contributed by atoms with van der Waals surface area (Å²) in [4.78, 5) is 8.24. The van der Waals surface area contributed by atoms with E-state index < -0.39 is 8.32 Å². The first-order valence-electron chi connectivity index (χ1n) is 2.13. The predicted octanol–water partition coefficient (Wildman–Crippen LogP) is 1.34. The van der Waals surface area contributed by atoms with Crippen molar-refractivity contribution in [2.75, 3.05) is 0 Å². The van der Waals surface area contributed by atoms with Crippen molar-refractivity contribution in [3.8, 4) is 0 Å². The Morgan fingerprint density at radius 3 is 1.86 bits per heavy atom. The average Bonchev–Trinajstić information content (AvgIpc) is 1.30. The smallest absolute Gasteiger partial charge is 0.191 e. The van der Waals surface area contributed by atoms with E-state index in [0.717, 1.165) is 0 Å². The van der Waals surface area contributed by atoms with Gasteiger partial charge in [0.25, 0.3) is 0 Å². The van der Waals surface area contributed by atoms with Crippen molar-refractivity contribution in [2.45, 2.75) is 19.6 Å². The summed E-state index contributed by atoms with van der Waals surface area (Å²) in [6.45, 7) is 6.11. The van der Waals surface area contributed by atoms with Crippen LogP contribution >= 0.6 is 9.03 Å². The lowest BCUT2D eigenvalue weighted by molar-refractivity contribution is 0.514. The highest BCUT2D eigenvalue weighted by Crippen LogP contribution is 2.14. The molecule has 2 nitrogen and oxygen atoms in total. The van der Waals surface area contributed by atoms with Crippen LogP contribution in [0.3, 0.4) is 0 Å². The van der Waals surface area contributed by atoms with E-state index in [2.05, 4.69) is 0 Å². The zero-order valence-corrected chi connectivity index (χ0v) is 6.86. The first-order chi connectivity index (χ1) is 3.06. The molecule has 0 aromatic heterocycles. The number of hydrogen-bond acceptors (Lipinski definition) is 2. The van der Waals surface area contributed by atoms with Crippen molar-refractivity contribution in [3.63, 3.8) is 0 Å². The van der Waals surface area contributed by atoms with Crippen molar-refractivity contribution < 1.29 is 9.11 Å². The van der Waals surface area contributed by atoms with Crippen LogP contribution in [-0.4, -0.2) is 13.2 Å². The minimum absolute atomic E-state index is 0.329. The van der Waals surface area contributed by atoms with Gasteiger partial charge in [-0.1, -0.05) is 0 Å². The fraction of sp³-hybridized carbons (Fsp3) is 1.00. The summed E-state index contributed by atoms with van der Waals surface area (Å²) in [6, 6.07) is 0. The van der Waals surface area contributed by atoms with Crippen LogP contribution in [0.25, 0.3) is 0 Å². The van der Waals surface area contributed by atoms with Gasteiger partial charge in [0.05, 0.1) is 0 Å². The van der Waals surface area contributed by atoms with Crippen LogP contribution in [0, 0.1) is 0 Å². The second kappa shape index (κ2) is 2.77. The summed E-state index contributed by atoms with van der Waals surface area (Å²) in [5.74, 6) is 0. The van der Waals surface area contributed by atoms with E-state index in [1.165, 1.54) is 0 Å². The maximum Gasteiger partial charge on any atom is 0.191 e. The van der Waals surface area contributed by atoms with Gasteiger partial charge in [-0.15, -0.1) is 0 Å². The first kappa shape index (κ1) is 7.57. The lowest BCUT2D eigenvalue weighted by Gasteiger charge is -2.12. The minimum Gasteiger partial charge on any atom is -0.378 e. The summed E-state index contributed by atoms with van der Waals surface area (Å²) in [7, 11) is -1.72. The molecule has 0 rings (SSSR count). The molecule has 0 amide bonds. The van der Waals surface area contributed by atoms with Crippen molar-refractivity contribution in [1.29, 1.82) is 0 Å². The van der Waals surface area contributed by atoms with Crippen molar-refractivity contribution in [3.05, 3.63) is 0 Å². The summed E-state index contributed by atoms with van der Waals surface area (Å²) in [5.41, 5.74) is 0. The molecule has 0 saturated carbocycles. The first-order valence-corrected chi connectivity index (χ1v) is 6.40. The molecule has 0 aliphatic carbocycles. The SMILES string of the molecule is C[Si](C)(C)OPO. The highest BCUT2D eigenvalue weighted by molar-refractivity contribution is 7.27. The van der Waals surface area contributed by atoms with Gasteiger partial charge in [-0.2, -0.15) is 0 Å². The molecule has 0 spiro atoms. The molecule has 1 unspecified atom stereocenters. The van der Waals surface area contributed by atoms with Gasteiger partial charge in [0, 0.05) is 0 Å². The lowest BCUT2D eigenvalue weighted by atomic mass is 11.8. The molecule has 7 heavy (non-hydrogen) atoms. The average molecular weight is 138 g/mol. The molecular weight excluding hydrogens is 127 g/mol. The minimum atomic E-state index is -1.39. The topological polar surface area (TPSA) is 29.5 Å². The zero-order chi connectivity index (χ0) is 5.91. The Bertz CT molecular complexity index is 51.4. The van der Waals surface area contributed by atoms with Gasteiger partial charge in [0.15, 0.2) is 8.32 Å². The Labute approximate surface area is 47.0 Å². The Morgan fingerprint density at radius 1 is 1.43 bits per heavy atom. The predicted molar refractivity (Wildman–Crippen MR) is 35.0 cm³/mol. The van der Waals surface area contributed by atoms with Gasteiger partial charge in [-0.25, -0.2) is 0 Å². The van der Waals surface area contributed by atoms with Gasteiger partial charge in [0.2, 0.25) is 0 Å². The summed E-state index contributed by atoms with van der Waals surface area (Å²) in [5, 5.41) is 0. The highest BCUT2D eigenvalue weighted by atomic mass is 31.1. The maximum absolute atomic E-state index is 8.24. The fourth-order valence-corrected chi connectivity index (χ4v) is 1.23. The van der Waals surface area contributed by atoms with E-state index in [0.29, 0.717) is 0 Å². The van der Waals surface area contributed by atoms with Gasteiger partial charge in [-0.3, -0.25) is 0 Å². The van der Waals surface area contributed by atoms with Crippen molar-refractivity contribution in [1.82, 2.24) is 0 Å². The van der Waals surface area contributed by atoms with Crippen LogP contribution in [0.15, 0.2) is 0 Å². The van der Waals surface area contributed by atoms with Crippen LogP contribution in [0.1, 0.15) is 0 Å². The molecule has 44 valence electrons. The number of hydrogen-bond donors (Lipinski definition) is 1. The number of rotatable bonds is 2. The molecule has 0 bridgehead atoms. The molecule has 0 aromatic carbocycles. The van der Waals surface area contributed by atoms with Crippen LogP contribution in [0.5, 0.6) is 0 Å². The second-order valence-corrected chi connectivity index (χ2v) is 7.53. The van der Waals surface area contributed by atoms with Crippen LogP contribution < -0.4 is 0 Å². The summed E-state index contributed by atoms with van der Waals surface area (Å²) >= 11 is 0. The van der Waals surface area contributed by atoms with E-state index in [4.69, 9.17) is 9.11 Å². The van der Waals surface area contributed by atoms with Crippen LogP contribution in [0.4, 0.5) is 0 Å². The third kappa shape index (κ3) is 6.57. The Hall–Kier alpha value is 0.567. The molecule has 0 aromatic rings. The third-order valence-electron chi connectivity index (χ3n) is 0.352. The largest absolute Gasteiger partial charge is 0.378 e. The molecule has 1 atom stereocenters. The molecule has 0 saturated heterocycles. The van der Waals surface area contributed by atoms with Crippen LogP contribution in [-0.2, 0) is 4.21 Å².